The summed E-state index contributed by atoms with van der Waals surface area (Å²) < 4.78 is 35.4. The van der Waals surface area contributed by atoms with Crippen LogP contribution in [0, 0.1) is 0 Å². The predicted octanol–water partition coefficient (Wildman–Crippen LogP) is 2.06. The normalized spacial score (nSPS) is 23.0. The fraction of sp³-hybridized carbons (Fsp3) is 1.00. The first-order chi connectivity index (χ1) is 7.08. The maximum Gasteiger partial charge on any atom is 0.389 e. The predicted molar refractivity (Wildman–Crippen MR) is 53.8 cm³/mol. The van der Waals surface area contributed by atoms with Crippen LogP contribution in [0.3, 0.4) is 0 Å². The lowest BCUT2D eigenvalue weighted by molar-refractivity contribution is -0.135. The number of nitrogens with one attached hydrogen (secondary N) is 2. The van der Waals surface area contributed by atoms with E-state index in [4.69, 9.17) is 0 Å². The van der Waals surface area contributed by atoms with Gasteiger partial charge in [-0.3, -0.25) is 0 Å². The SMILES string of the molecule is FC(F)(F)CCCCNC1CCCNC1. The second-order valence-corrected chi connectivity index (χ2v) is 4.07. The van der Waals surface area contributed by atoms with Gasteiger partial charge >= 0.3 is 6.18 Å². The summed E-state index contributed by atoms with van der Waals surface area (Å²) in [5, 5.41) is 6.54. The molecule has 0 bridgehead atoms. The Hall–Kier alpha value is -0.290. The minimum atomic E-state index is -3.99. The van der Waals surface area contributed by atoms with Crippen LogP contribution in [0.2, 0.25) is 0 Å². The Bertz CT molecular complexity index is 165. The molecule has 1 aliphatic heterocycles. The Morgan fingerprint density at radius 2 is 2.07 bits per heavy atom. The molecule has 0 aromatic rings. The van der Waals surface area contributed by atoms with E-state index < -0.39 is 12.6 Å². The van der Waals surface area contributed by atoms with E-state index in [0.29, 0.717) is 19.0 Å². The Balaban J connectivity index is 1.92. The van der Waals surface area contributed by atoms with Crippen LogP contribution in [-0.2, 0) is 0 Å². The van der Waals surface area contributed by atoms with Crippen molar-refractivity contribution >= 4 is 0 Å². The summed E-state index contributed by atoms with van der Waals surface area (Å²) in [6.45, 7) is 2.70. The van der Waals surface area contributed by atoms with Gasteiger partial charge in [0.25, 0.3) is 0 Å². The van der Waals surface area contributed by atoms with Crippen LogP contribution in [0.5, 0.6) is 0 Å². The molecule has 0 aromatic carbocycles. The number of hydrogen-bond acceptors (Lipinski definition) is 2. The number of alkyl halides is 3. The standard InChI is InChI=1S/C10H19F3N2/c11-10(12,13)5-1-2-7-15-9-4-3-6-14-8-9/h9,14-15H,1-8H2. The first-order valence-electron chi connectivity index (χ1n) is 5.59. The highest BCUT2D eigenvalue weighted by molar-refractivity contribution is 4.74. The third kappa shape index (κ3) is 6.73. The second-order valence-electron chi connectivity index (χ2n) is 4.07. The van der Waals surface area contributed by atoms with Crippen molar-refractivity contribution < 1.29 is 13.2 Å². The molecule has 0 amide bonds. The quantitative estimate of drug-likeness (QED) is 0.698. The van der Waals surface area contributed by atoms with Gasteiger partial charge in [0.1, 0.15) is 0 Å². The summed E-state index contributed by atoms with van der Waals surface area (Å²) >= 11 is 0. The van der Waals surface area contributed by atoms with Gasteiger partial charge in [0.05, 0.1) is 0 Å². The highest BCUT2D eigenvalue weighted by atomic mass is 19.4. The van der Waals surface area contributed by atoms with E-state index in [1.807, 2.05) is 0 Å². The summed E-state index contributed by atoms with van der Waals surface area (Å²) in [6, 6.07) is 0.449. The van der Waals surface area contributed by atoms with Crippen molar-refractivity contribution in [3.05, 3.63) is 0 Å². The molecule has 0 spiro atoms. The van der Waals surface area contributed by atoms with E-state index in [-0.39, 0.29) is 6.42 Å². The van der Waals surface area contributed by atoms with E-state index in [9.17, 15) is 13.2 Å². The van der Waals surface area contributed by atoms with Gasteiger partial charge in [-0.2, -0.15) is 13.2 Å². The zero-order valence-corrected chi connectivity index (χ0v) is 8.87. The molecule has 2 nitrogen and oxygen atoms in total. The fourth-order valence-electron chi connectivity index (χ4n) is 1.78. The van der Waals surface area contributed by atoms with Gasteiger partial charge in [-0.05, 0) is 38.8 Å². The molecular weight excluding hydrogens is 205 g/mol. The van der Waals surface area contributed by atoms with Crippen LogP contribution in [0.25, 0.3) is 0 Å². The van der Waals surface area contributed by atoms with Crippen LogP contribution in [-0.4, -0.2) is 31.9 Å². The van der Waals surface area contributed by atoms with Gasteiger partial charge in [0, 0.05) is 19.0 Å². The summed E-state index contributed by atoms with van der Waals surface area (Å²) in [5.41, 5.74) is 0. The monoisotopic (exact) mass is 224 g/mol. The van der Waals surface area contributed by atoms with Crippen molar-refractivity contribution in [1.29, 1.82) is 0 Å². The lowest BCUT2D eigenvalue weighted by Gasteiger charge is -2.23. The minimum absolute atomic E-state index is 0.233. The molecule has 0 aromatic heterocycles. The molecule has 15 heavy (non-hydrogen) atoms. The van der Waals surface area contributed by atoms with E-state index in [1.54, 1.807) is 0 Å². The number of piperidine rings is 1. The molecule has 1 heterocycles. The molecule has 1 fully saturated rings. The van der Waals surface area contributed by atoms with Crippen molar-refractivity contribution in [3.63, 3.8) is 0 Å². The van der Waals surface area contributed by atoms with Crippen LogP contribution in [0.15, 0.2) is 0 Å². The third-order valence-corrected chi connectivity index (χ3v) is 2.62. The first-order valence-corrected chi connectivity index (χ1v) is 5.59. The van der Waals surface area contributed by atoms with Crippen LogP contribution in [0.1, 0.15) is 32.1 Å². The Kier molecular flexibility index (Phi) is 5.39. The second kappa shape index (κ2) is 6.33. The maximum absolute atomic E-state index is 11.8. The highest BCUT2D eigenvalue weighted by Gasteiger charge is 2.25. The Morgan fingerprint density at radius 3 is 2.67 bits per heavy atom. The van der Waals surface area contributed by atoms with Gasteiger partial charge in [0.2, 0.25) is 0 Å². The molecule has 0 radical (unpaired) electrons. The van der Waals surface area contributed by atoms with Gasteiger partial charge in [-0.1, -0.05) is 0 Å². The number of unbranched alkanes of at least 4 members (excludes halogenated alkanes) is 1. The molecule has 5 heteroatoms. The molecule has 0 saturated carbocycles. The van der Waals surface area contributed by atoms with Crippen molar-refractivity contribution in [2.75, 3.05) is 19.6 Å². The lowest BCUT2D eigenvalue weighted by Crippen LogP contribution is -2.43. The van der Waals surface area contributed by atoms with Gasteiger partial charge in [0.15, 0.2) is 0 Å². The number of halogens is 3. The fourth-order valence-corrected chi connectivity index (χ4v) is 1.78. The van der Waals surface area contributed by atoms with E-state index in [2.05, 4.69) is 10.6 Å². The van der Waals surface area contributed by atoms with Crippen LogP contribution >= 0.6 is 0 Å². The summed E-state index contributed by atoms with van der Waals surface area (Å²) in [4.78, 5) is 0. The average molecular weight is 224 g/mol. The molecule has 1 saturated heterocycles. The largest absolute Gasteiger partial charge is 0.389 e. The molecule has 1 aliphatic rings. The van der Waals surface area contributed by atoms with Gasteiger partial charge in [-0.25, -0.2) is 0 Å². The number of rotatable bonds is 5. The van der Waals surface area contributed by atoms with Gasteiger partial charge < -0.3 is 10.6 Å². The highest BCUT2D eigenvalue weighted by Crippen LogP contribution is 2.21. The molecule has 1 unspecified atom stereocenters. The summed E-state index contributed by atoms with van der Waals surface area (Å²) in [5.74, 6) is 0. The average Bonchev–Trinajstić information content (AvgIpc) is 2.17. The van der Waals surface area contributed by atoms with Crippen LogP contribution in [0.4, 0.5) is 13.2 Å². The maximum atomic E-state index is 11.8. The lowest BCUT2D eigenvalue weighted by atomic mass is 10.1. The Labute approximate surface area is 88.6 Å². The van der Waals surface area contributed by atoms with Crippen molar-refractivity contribution in [3.8, 4) is 0 Å². The van der Waals surface area contributed by atoms with E-state index >= 15 is 0 Å². The van der Waals surface area contributed by atoms with E-state index in [1.165, 1.54) is 0 Å². The van der Waals surface area contributed by atoms with Crippen molar-refractivity contribution in [1.82, 2.24) is 10.6 Å². The zero-order valence-electron chi connectivity index (χ0n) is 8.87. The van der Waals surface area contributed by atoms with Gasteiger partial charge in [-0.15, -0.1) is 0 Å². The summed E-state index contributed by atoms with van der Waals surface area (Å²) in [7, 11) is 0. The van der Waals surface area contributed by atoms with Crippen molar-refractivity contribution in [2.45, 2.75) is 44.3 Å². The zero-order chi connectivity index (χ0) is 11.1. The molecular formula is C10H19F3N2. The minimum Gasteiger partial charge on any atom is -0.315 e. The smallest absolute Gasteiger partial charge is 0.315 e. The molecule has 1 atom stereocenters. The van der Waals surface area contributed by atoms with E-state index in [0.717, 1.165) is 25.9 Å². The molecule has 2 N–H and O–H groups in total. The first kappa shape index (κ1) is 12.8. The van der Waals surface area contributed by atoms with Crippen LogP contribution < -0.4 is 10.6 Å². The third-order valence-electron chi connectivity index (χ3n) is 2.62. The molecule has 90 valence electrons. The summed E-state index contributed by atoms with van der Waals surface area (Å²) in [6.07, 6.45) is -1.52. The topological polar surface area (TPSA) is 24.1 Å². The molecule has 1 rings (SSSR count). The molecule has 0 aliphatic carbocycles. The Morgan fingerprint density at radius 1 is 1.27 bits per heavy atom. The van der Waals surface area contributed by atoms with Crippen molar-refractivity contribution in [2.24, 2.45) is 0 Å². The number of hydrogen-bond donors (Lipinski definition) is 2.